The van der Waals surface area contributed by atoms with Gasteiger partial charge < -0.3 is 25.3 Å². The van der Waals surface area contributed by atoms with Gasteiger partial charge in [-0.2, -0.15) is 0 Å². The highest BCUT2D eigenvalue weighted by atomic mass is 32.2. The first-order valence-corrected chi connectivity index (χ1v) is 12.3. The van der Waals surface area contributed by atoms with Crippen LogP contribution in [0.2, 0.25) is 0 Å². The number of carbonyl (C=O) groups is 4. The van der Waals surface area contributed by atoms with Gasteiger partial charge in [0.15, 0.2) is 6.61 Å². The molecule has 1 heterocycles. The van der Waals surface area contributed by atoms with Crippen molar-refractivity contribution in [3.05, 3.63) is 72.3 Å². The van der Waals surface area contributed by atoms with E-state index < -0.39 is 23.7 Å². The number of anilines is 3. The summed E-state index contributed by atoms with van der Waals surface area (Å²) in [5, 5.41) is 2.04. The summed E-state index contributed by atoms with van der Waals surface area (Å²) in [6, 6.07) is 17.8. The van der Waals surface area contributed by atoms with E-state index in [1.54, 1.807) is 36.4 Å². The van der Waals surface area contributed by atoms with E-state index >= 15 is 0 Å². The summed E-state index contributed by atoms with van der Waals surface area (Å²) in [5.41, 5.74) is 7.24. The van der Waals surface area contributed by atoms with Crippen molar-refractivity contribution < 1.29 is 33.4 Å². The van der Waals surface area contributed by atoms with Gasteiger partial charge in [-0.05, 0) is 54.6 Å². The second kappa shape index (κ2) is 11.7. The maximum Gasteiger partial charge on any atom is 0.338 e. The number of nitrogens with one attached hydrogen (secondary N) is 1. The Kier molecular flexibility index (Phi) is 8.17. The second-order valence-electron chi connectivity index (χ2n) is 8.19. The van der Waals surface area contributed by atoms with E-state index in [0.29, 0.717) is 28.6 Å². The van der Waals surface area contributed by atoms with Gasteiger partial charge in [-0.1, -0.05) is 6.07 Å². The van der Waals surface area contributed by atoms with Crippen LogP contribution >= 0.6 is 11.8 Å². The van der Waals surface area contributed by atoms with Crippen molar-refractivity contribution in [1.82, 2.24) is 0 Å². The Balaban J connectivity index is 1.35. The zero-order chi connectivity index (χ0) is 27.2. The Bertz CT molecular complexity index is 1380. The van der Waals surface area contributed by atoms with Crippen molar-refractivity contribution in [2.45, 2.75) is 16.6 Å². The van der Waals surface area contributed by atoms with E-state index in [-0.39, 0.29) is 23.8 Å². The smallest absolute Gasteiger partial charge is 0.338 e. The number of nitrogens with two attached hydrogens (primary N) is 1. The molecule has 1 atom stereocenters. The highest BCUT2D eigenvalue weighted by molar-refractivity contribution is 8.00. The Hall–Kier alpha value is -4.51. The molecule has 0 aliphatic carbocycles. The minimum absolute atomic E-state index is 0.0509. The standard InChI is InChI=1S/C27H25N3O7S/c1-35-19-10-11-22(36-2)21(13-19)29-24(31)15-37-27(34)16-6-8-18(9-7-16)30-25(32)14-23(26(30)33)38-20-5-3-4-17(28)12-20/h3-13,23H,14-15,28H2,1-2H3,(H,29,31). The molecule has 3 aromatic carbocycles. The van der Waals surface area contributed by atoms with Crippen LogP contribution in [-0.2, 0) is 19.1 Å². The molecule has 0 aromatic heterocycles. The van der Waals surface area contributed by atoms with Gasteiger partial charge in [-0.25, -0.2) is 9.69 Å². The van der Waals surface area contributed by atoms with Crippen LogP contribution < -0.4 is 25.4 Å². The number of nitrogen functional groups attached to an aromatic ring is 1. The molecule has 3 aromatic rings. The number of amides is 3. The van der Waals surface area contributed by atoms with E-state index in [9.17, 15) is 19.2 Å². The summed E-state index contributed by atoms with van der Waals surface area (Å²) in [7, 11) is 2.96. The molecule has 0 radical (unpaired) electrons. The predicted molar refractivity (Wildman–Crippen MR) is 143 cm³/mol. The first-order valence-electron chi connectivity index (χ1n) is 11.5. The first-order chi connectivity index (χ1) is 18.3. The van der Waals surface area contributed by atoms with Crippen molar-refractivity contribution in [1.29, 1.82) is 0 Å². The number of hydrogen-bond donors (Lipinski definition) is 2. The molecule has 1 aliphatic heterocycles. The fraction of sp³-hybridized carbons (Fsp3) is 0.185. The number of ether oxygens (including phenoxy) is 3. The third-order valence-electron chi connectivity index (χ3n) is 5.62. The third kappa shape index (κ3) is 6.06. The van der Waals surface area contributed by atoms with Crippen molar-refractivity contribution in [3.8, 4) is 11.5 Å². The maximum absolute atomic E-state index is 12.9. The maximum atomic E-state index is 12.9. The molecule has 1 saturated heterocycles. The van der Waals surface area contributed by atoms with E-state index in [1.807, 2.05) is 6.07 Å². The number of imide groups is 1. The van der Waals surface area contributed by atoms with Gasteiger partial charge in [-0.3, -0.25) is 14.4 Å². The summed E-state index contributed by atoms with van der Waals surface area (Å²) >= 11 is 1.28. The van der Waals surface area contributed by atoms with Crippen LogP contribution in [0.15, 0.2) is 71.6 Å². The molecule has 4 rings (SSSR count). The Morgan fingerprint density at radius 3 is 2.47 bits per heavy atom. The quantitative estimate of drug-likeness (QED) is 0.240. The molecule has 196 valence electrons. The average Bonchev–Trinajstić information content (AvgIpc) is 3.19. The number of carbonyl (C=O) groups excluding carboxylic acids is 4. The van der Waals surface area contributed by atoms with E-state index in [2.05, 4.69) is 5.32 Å². The van der Waals surface area contributed by atoms with Crippen molar-refractivity contribution in [2.75, 3.05) is 36.8 Å². The molecule has 1 fully saturated rings. The minimum atomic E-state index is -0.738. The Labute approximate surface area is 223 Å². The summed E-state index contributed by atoms with van der Waals surface area (Å²) < 4.78 is 15.5. The largest absolute Gasteiger partial charge is 0.497 e. The second-order valence-corrected chi connectivity index (χ2v) is 9.46. The average molecular weight is 536 g/mol. The van der Waals surface area contributed by atoms with E-state index in [1.165, 1.54) is 50.2 Å². The van der Waals surface area contributed by atoms with Crippen LogP contribution in [0.4, 0.5) is 17.1 Å². The number of thioether (sulfide) groups is 1. The molecular weight excluding hydrogens is 510 g/mol. The van der Waals surface area contributed by atoms with E-state index in [4.69, 9.17) is 19.9 Å². The number of hydrogen-bond acceptors (Lipinski definition) is 9. The van der Waals surface area contributed by atoms with Crippen LogP contribution in [0.1, 0.15) is 16.8 Å². The highest BCUT2D eigenvalue weighted by Crippen LogP contribution is 2.34. The van der Waals surface area contributed by atoms with E-state index in [0.717, 1.165) is 9.80 Å². The third-order valence-corrected chi connectivity index (χ3v) is 6.80. The van der Waals surface area contributed by atoms with Gasteiger partial charge in [0, 0.05) is 23.1 Å². The summed E-state index contributed by atoms with van der Waals surface area (Å²) in [6.07, 6.45) is 0.0509. The number of rotatable bonds is 9. The molecule has 0 spiro atoms. The lowest BCUT2D eigenvalue weighted by Gasteiger charge is -2.15. The molecule has 3 N–H and O–H groups in total. The molecule has 10 nitrogen and oxygen atoms in total. The van der Waals surface area contributed by atoms with Gasteiger partial charge in [-0.15, -0.1) is 11.8 Å². The van der Waals surface area contributed by atoms with Crippen LogP contribution in [-0.4, -0.2) is 49.8 Å². The zero-order valence-electron chi connectivity index (χ0n) is 20.6. The number of nitrogens with zero attached hydrogens (tertiary/aromatic N) is 1. The highest BCUT2D eigenvalue weighted by Gasteiger charge is 2.40. The molecule has 1 unspecified atom stereocenters. The lowest BCUT2D eigenvalue weighted by Crippen LogP contribution is -2.31. The van der Waals surface area contributed by atoms with Gasteiger partial charge in [0.05, 0.1) is 36.4 Å². The topological polar surface area (TPSA) is 137 Å². The first kappa shape index (κ1) is 26.6. The van der Waals surface area contributed by atoms with Gasteiger partial charge in [0.2, 0.25) is 11.8 Å². The van der Waals surface area contributed by atoms with Crippen LogP contribution in [0, 0.1) is 0 Å². The SMILES string of the molecule is COc1ccc(OC)c(NC(=O)COC(=O)c2ccc(N3C(=O)CC(Sc4cccc(N)c4)C3=O)cc2)c1. The molecule has 11 heteroatoms. The van der Waals surface area contributed by atoms with Crippen molar-refractivity contribution in [2.24, 2.45) is 0 Å². The van der Waals surface area contributed by atoms with Crippen molar-refractivity contribution >= 4 is 52.5 Å². The van der Waals surface area contributed by atoms with Crippen LogP contribution in [0.3, 0.4) is 0 Å². The zero-order valence-corrected chi connectivity index (χ0v) is 21.4. The lowest BCUT2D eigenvalue weighted by atomic mass is 10.2. The summed E-state index contributed by atoms with van der Waals surface area (Å²) in [5.74, 6) is -1.06. The minimum Gasteiger partial charge on any atom is -0.497 e. The van der Waals surface area contributed by atoms with Crippen LogP contribution in [0.5, 0.6) is 11.5 Å². The van der Waals surface area contributed by atoms with Gasteiger partial charge in [0.1, 0.15) is 11.5 Å². The number of benzene rings is 3. The summed E-state index contributed by atoms with van der Waals surface area (Å²) in [4.78, 5) is 52.2. The van der Waals surface area contributed by atoms with Gasteiger partial charge in [0.25, 0.3) is 5.91 Å². The lowest BCUT2D eigenvalue weighted by molar-refractivity contribution is -0.121. The molecule has 0 bridgehead atoms. The number of methoxy groups -OCH3 is 2. The number of esters is 1. The molecular formula is C27H25N3O7S. The monoisotopic (exact) mass is 535 g/mol. The molecule has 3 amide bonds. The summed E-state index contributed by atoms with van der Waals surface area (Å²) in [6.45, 7) is -0.535. The van der Waals surface area contributed by atoms with Crippen LogP contribution in [0.25, 0.3) is 0 Å². The Morgan fingerprint density at radius 1 is 1.03 bits per heavy atom. The molecule has 38 heavy (non-hydrogen) atoms. The normalized spacial score (nSPS) is 14.8. The molecule has 0 saturated carbocycles. The fourth-order valence-corrected chi connectivity index (χ4v) is 4.90. The molecule has 1 aliphatic rings. The Morgan fingerprint density at radius 2 is 1.79 bits per heavy atom. The van der Waals surface area contributed by atoms with Crippen molar-refractivity contribution in [3.63, 3.8) is 0 Å². The fourth-order valence-electron chi connectivity index (χ4n) is 3.78. The predicted octanol–water partition coefficient (Wildman–Crippen LogP) is 3.51. The van der Waals surface area contributed by atoms with Gasteiger partial charge >= 0.3 is 5.97 Å².